The molecule has 4 saturated carbocycles. The zero-order valence-corrected chi connectivity index (χ0v) is 13.1. The van der Waals surface area contributed by atoms with Crippen LogP contribution in [0.3, 0.4) is 0 Å². The molecule has 4 aliphatic carbocycles. The van der Waals surface area contributed by atoms with E-state index in [2.05, 4.69) is 4.90 Å². The maximum Gasteiger partial charge on any atom is 0.228 e. The van der Waals surface area contributed by atoms with E-state index >= 15 is 0 Å². The van der Waals surface area contributed by atoms with Crippen molar-refractivity contribution in [3.05, 3.63) is 0 Å². The first-order valence-electron chi connectivity index (χ1n) is 8.54. The van der Waals surface area contributed by atoms with Crippen LogP contribution in [0, 0.1) is 29.1 Å². The Morgan fingerprint density at radius 2 is 1.50 bits per heavy atom. The zero-order chi connectivity index (χ0) is 13.7. The molecule has 0 spiro atoms. The normalized spacial score (nSPS) is 44.0. The minimum atomic E-state index is 0.0581. The van der Waals surface area contributed by atoms with Crippen LogP contribution in [0.15, 0.2) is 0 Å². The molecule has 5 fully saturated rings. The lowest BCUT2D eigenvalue weighted by Crippen LogP contribution is -2.55. The first kappa shape index (κ1) is 13.4. The molecule has 1 aliphatic heterocycles. The Labute approximate surface area is 127 Å². The van der Waals surface area contributed by atoms with Gasteiger partial charge in [0.15, 0.2) is 0 Å². The lowest BCUT2D eigenvalue weighted by atomic mass is 9.49. The molecule has 112 valence electrons. The van der Waals surface area contributed by atoms with E-state index in [0.29, 0.717) is 11.8 Å². The topological polar surface area (TPSA) is 20.3 Å². The number of carbonyl (C=O) groups is 1. The lowest BCUT2D eigenvalue weighted by molar-refractivity contribution is -0.159. The van der Waals surface area contributed by atoms with Gasteiger partial charge in [-0.15, -0.1) is 11.6 Å². The van der Waals surface area contributed by atoms with E-state index in [1.807, 2.05) is 0 Å². The molecule has 0 aromatic carbocycles. The molecule has 5 rings (SSSR count). The van der Waals surface area contributed by atoms with Crippen LogP contribution >= 0.6 is 11.6 Å². The number of piperidine rings is 1. The van der Waals surface area contributed by atoms with Gasteiger partial charge in [0, 0.05) is 19.0 Å². The average molecular weight is 296 g/mol. The van der Waals surface area contributed by atoms with Crippen LogP contribution in [0.25, 0.3) is 0 Å². The highest BCUT2D eigenvalue weighted by Crippen LogP contribution is 2.60. The van der Waals surface area contributed by atoms with Crippen molar-refractivity contribution >= 4 is 17.5 Å². The highest BCUT2D eigenvalue weighted by molar-refractivity contribution is 6.18. The molecule has 0 aromatic rings. The maximum atomic E-state index is 13.1. The van der Waals surface area contributed by atoms with Gasteiger partial charge in [0.05, 0.1) is 5.41 Å². The first-order chi connectivity index (χ1) is 9.68. The summed E-state index contributed by atoms with van der Waals surface area (Å²) in [6.45, 7) is 1.91. The third-order valence-electron chi connectivity index (χ3n) is 6.61. The fraction of sp³-hybridized carbons (Fsp3) is 0.941. The summed E-state index contributed by atoms with van der Waals surface area (Å²) < 4.78 is 0. The molecule has 5 aliphatic rings. The standard InChI is InChI=1S/C17H26ClNO/c18-11-12-1-3-19(4-2-12)16(20)17-8-13-5-14(9-17)7-15(6-13)10-17/h12-15H,1-11H2. The smallest absolute Gasteiger partial charge is 0.228 e. The minimum absolute atomic E-state index is 0.0581. The Hall–Kier alpha value is -0.240. The van der Waals surface area contributed by atoms with Crippen molar-refractivity contribution in [2.45, 2.75) is 51.4 Å². The highest BCUT2D eigenvalue weighted by Gasteiger charge is 2.55. The molecule has 0 N–H and O–H groups in total. The van der Waals surface area contributed by atoms with E-state index in [0.717, 1.165) is 49.6 Å². The van der Waals surface area contributed by atoms with Crippen LogP contribution in [-0.4, -0.2) is 29.8 Å². The van der Waals surface area contributed by atoms with Gasteiger partial charge in [-0.3, -0.25) is 4.79 Å². The molecule has 1 saturated heterocycles. The second kappa shape index (κ2) is 4.90. The van der Waals surface area contributed by atoms with E-state index in [1.165, 1.54) is 38.5 Å². The molecule has 1 heterocycles. The Balaban J connectivity index is 1.48. The first-order valence-corrected chi connectivity index (χ1v) is 9.07. The van der Waals surface area contributed by atoms with Gasteiger partial charge in [0.25, 0.3) is 0 Å². The Morgan fingerprint density at radius 3 is 1.95 bits per heavy atom. The summed E-state index contributed by atoms with van der Waals surface area (Å²) in [4.78, 5) is 15.3. The van der Waals surface area contributed by atoms with Crippen LogP contribution in [0.1, 0.15) is 51.4 Å². The second-order valence-electron chi connectivity index (χ2n) is 8.09. The number of carbonyl (C=O) groups excluding carboxylic acids is 1. The lowest BCUT2D eigenvalue weighted by Gasteiger charge is -2.57. The number of hydrogen-bond acceptors (Lipinski definition) is 1. The van der Waals surface area contributed by atoms with Gasteiger partial charge < -0.3 is 4.90 Å². The van der Waals surface area contributed by atoms with Gasteiger partial charge >= 0.3 is 0 Å². The quantitative estimate of drug-likeness (QED) is 0.712. The zero-order valence-electron chi connectivity index (χ0n) is 12.3. The van der Waals surface area contributed by atoms with Crippen LogP contribution in [0.5, 0.6) is 0 Å². The van der Waals surface area contributed by atoms with Gasteiger partial charge in [-0.25, -0.2) is 0 Å². The van der Waals surface area contributed by atoms with E-state index in [4.69, 9.17) is 11.6 Å². The molecular formula is C17H26ClNO. The van der Waals surface area contributed by atoms with Crippen molar-refractivity contribution < 1.29 is 4.79 Å². The Morgan fingerprint density at radius 1 is 1.00 bits per heavy atom. The highest BCUT2D eigenvalue weighted by atomic mass is 35.5. The molecule has 0 atom stereocenters. The van der Waals surface area contributed by atoms with Crippen molar-refractivity contribution in [1.82, 2.24) is 4.90 Å². The SMILES string of the molecule is O=C(N1CCC(CCl)CC1)C12CC3CC(CC(C3)C1)C2. The van der Waals surface area contributed by atoms with Crippen molar-refractivity contribution in [3.8, 4) is 0 Å². The summed E-state index contributed by atoms with van der Waals surface area (Å²) in [6.07, 6.45) is 10.1. The van der Waals surface area contributed by atoms with Crippen LogP contribution in [0.2, 0.25) is 0 Å². The van der Waals surface area contributed by atoms with E-state index in [9.17, 15) is 4.79 Å². The molecule has 3 heteroatoms. The molecule has 20 heavy (non-hydrogen) atoms. The molecule has 2 nitrogen and oxygen atoms in total. The second-order valence-corrected chi connectivity index (χ2v) is 8.40. The number of amides is 1. The average Bonchev–Trinajstić information content (AvgIpc) is 2.45. The number of likely N-dealkylation sites (tertiary alicyclic amines) is 1. The Bertz CT molecular complexity index is 365. The van der Waals surface area contributed by atoms with Gasteiger partial charge in [0.1, 0.15) is 0 Å². The summed E-state index contributed by atoms with van der Waals surface area (Å²) in [6, 6.07) is 0. The predicted octanol–water partition coefficient (Wildman–Crippen LogP) is 3.68. The third-order valence-corrected chi connectivity index (χ3v) is 7.05. The summed E-state index contributed by atoms with van der Waals surface area (Å²) >= 11 is 5.96. The van der Waals surface area contributed by atoms with Gasteiger partial charge in [-0.05, 0) is 75.0 Å². The number of nitrogens with zero attached hydrogens (tertiary/aromatic N) is 1. The molecular weight excluding hydrogens is 270 g/mol. The van der Waals surface area contributed by atoms with Crippen molar-refractivity contribution in [2.24, 2.45) is 29.1 Å². The van der Waals surface area contributed by atoms with Crippen molar-refractivity contribution in [2.75, 3.05) is 19.0 Å². The van der Waals surface area contributed by atoms with Crippen molar-refractivity contribution in [3.63, 3.8) is 0 Å². The number of hydrogen-bond donors (Lipinski definition) is 0. The monoisotopic (exact) mass is 295 g/mol. The molecule has 4 bridgehead atoms. The largest absolute Gasteiger partial charge is 0.342 e. The molecule has 0 radical (unpaired) electrons. The Kier molecular flexibility index (Phi) is 3.29. The van der Waals surface area contributed by atoms with Gasteiger partial charge in [0.2, 0.25) is 5.91 Å². The molecule has 0 unspecified atom stereocenters. The van der Waals surface area contributed by atoms with Crippen LogP contribution < -0.4 is 0 Å². The predicted molar refractivity (Wildman–Crippen MR) is 80.6 cm³/mol. The minimum Gasteiger partial charge on any atom is -0.342 e. The number of alkyl halides is 1. The summed E-state index contributed by atoms with van der Waals surface area (Å²) in [5.74, 6) is 4.52. The van der Waals surface area contributed by atoms with Crippen LogP contribution in [0.4, 0.5) is 0 Å². The maximum absolute atomic E-state index is 13.1. The summed E-state index contributed by atoms with van der Waals surface area (Å²) in [7, 11) is 0. The van der Waals surface area contributed by atoms with E-state index in [-0.39, 0.29) is 5.41 Å². The van der Waals surface area contributed by atoms with Crippen molar-refractivity contribution in [1.29, 1.82) is 0 Å². The molecule has 0 aromatic heterocycles. The summed E-state index contributed by atoms with van der Waals surface area (Å²) in [5, 5.41) is 0. The van der Waals surface area contributed by atoms with Gasteiger partial charge in [-0.1, -0.05) is 0 Å². The fourth-order valence-corrected chi connectivity index (χ4v) is 6.31. The third kappa shape index (κ3) is 2.10. The van der Waals surface area contributed by atoms with Crippen LogP contribution in [-0.2, 0) is 4.79 Å². The van der Waals surface area contributed by atoms with E-state index in [1.54, 1.807) is 0 Å². The summed E-state index contributed by atoms with van der Waals surface area (Å²) in [5.41, 5.74) is 0.0581. The van der Waals surface area contributed by atoms with Gasteiger partial charge in [-0.2, -0.15) is 0 Å². The molecule has 1 amide bonds. The van der Waals surface area contributed by atoms with E-state index < -0.39 is 0 Å². The number of rotatable bonds is 2. The number of halogens is 1. The fourth-order valence-electron chi connectivity index (χ4n) is 6.00.